The fourth-order valence-corrected chi connectivity index (χ4v) is 7.80. The van der Waals surface area contributed by atoms with Crippen LogP contribution in [0.5, 0.6) is 11.5 Å². The predicted molar refractivity (Wildman–Crippen MR) is 172 cm³/mol. The number of carbonyl (C=O) groups excluding carboxylic acids is 1. The number of rotatable bonds is 5. The highest BCUT2D eigenvalue weighted by molar-refractivity contribution is 7.89. The average Bonchev–Trinajstić information content (AvgIpc) is 3.60. The first-order valence-corrected chi connectivity index (χ1v) is 16.9. The van der Waals surface area contributed by atoms with E-state index < -0.39 is 15.6 Å². The minimum atomic E-state index is -3.67. The van der Waals surface area contributed by atoms with E-state index in [1.165, 1.54) is 0 Å². The van der Waals surface area contributed by atoms with Crippen LogP contribution in [0.4, 0.5) is 10.5 Å². The first kappa shape index (κ1) is 30.7. The molecule has 4 heterocycles. The molecule has 1 amide bonds. The van der Waals surface area contributed by atoms with E-state index in [0.717, 1.165) is 40.5 Å². The van der Waals surface area contributed by atoms with Crippen LogP contribution in [-0.2, 0) is 14.8 Å². The third-order valence-corrected chi connectivity index (χ3v) is 10.9. The average molecular weight is 641 g/mol. The van der Waals surface area contributed by atoms with Crippen LogP contribution in [0.25, 0.3) is 0 Å². The van der Waals surface area contributed by atoms with Crippen molar-refractivity contribution in [2.75, 3.05) is 70.5 Å². The number of carbonyl (C=O) groups is 1. The van der Waals surface area contributed by atoms with Gasteiger partial charge in [-0.15, -0.1) is 0 Å². The number of hydrogen-bond acceptors (Lipinski definition) is 8. The lowest BCUT2D eigenvalue weighted by molar-refractivity contribution is 0.0240. The number of piperazine rings is 1. The molecule has 0 aromatic heterocycles. The summed E-state index contributed by atoms with van der Waals surface area (Å²) in [6.07, 6.45) is -0.264. The van der Waals surface area contributed by atoms with E-state index in [-0.39, 0.29) is 16.9 Å². The zero-order valence-corrected chi connectivity index (χ0v) is 27.4. The highest BCUT2D eigenvalue weighted by Gasteiger charge is 2.38. The van der Waals surface area contributed by atoms with Gasteiger partial charge in [0.1, 0.15) is 18.8 Å². The third kappa shape index (κ3) is 6.25. The van der Waals surface area contributed by atoms with Gasteiger partial charge in [-0.25, -0.2) is 13.2 Å². The fourth-order valence-electron chi connectivity index (χ4n) is 6.09. The van der Waals surface area contributed by atoms with Crippen molar-refractivity contribution in [1.29, 1.82) is 0 Å². The van der Waals surface area contributed by atoms with Gasteiger partial charge in [0, 0.05) is 70.0 Å². The first-order valence-electron chi connectivity index (χ1n) is 15.1. The lowest BCUT2D eigenvalue weighted by Gasteiger charge is -2.37. The number of sulfonamides is 1. The Morgan fingerprint density at radius 3 is 2.20 bits per heavy atom. The molecule has 12 heteroatoms. The van der Waals surface area contributed by atoms with Crippen LogP contribution in [0.1, 0.15) is 39.2 Å². The smallest absolute Gasteiger partial charge is 0.410 e. The first-order chi connectivity index (χ1) is 20.9. The molecule has 0 spiro atoms. The molecule has 1 atom stereocenters. The van der Waals surface area contributed by atoms with Crippen LogP contribution in [-0.4, -0.2) is 105 Å². The van der Waals surface area contributed by atoms with Gasteiger partial charge >= 0.3 is 6.09 Å². The topological polar surface area (TPSA) is 91.9 Å². The summed E-state index contributed by atoms with van der Waals surface area (Å²) in [5.74, 6) is 1.06. The van der Waals surface area contributed by atoms with Crippen molar-refractivity contribution < 1.29 is 27.4 Å². The van der Waals surface area contributed by atoms with E-state index in [9.17, 15) is 13.2 Å². The Kier molecular flexibility index (Phi) is 8.27. The van der Waals surface area contributed by atoms with Gasteiger partial charge in [-0.3, -0.25) is 0 Å². The standard InChI is InChI=1S/C32H40N4O6S2/c1-22(23-6-5-7-26(16-23)33-10-12-34(13-11-33)31(37)42-32(2,3)4)30(43)35-18-24-20-36(21-25(24)19-35)44(38,39)27-8-9-28-29(17-27)41-15-14-40-28/h5-9,16-17,22H,10-15,18-21H2,1-4H3. The second kappa shape index (κ2) is 11.9. The summed E-state index contributed by atoms with van der Waals surface area (Å²) in [6, 6.07) is 13.3. The number of hydrogen-bond donors (Lipinski definition) is 0. The van der Waals surface area contributed by atoms with E-state index in [0.29, 0.717) is 64.0 Å². The van der Waals surface area contributed by atoms with Crippen LogP contribution in [0.2, 0.25) is 0 Å². The molecule has 4 aliphatic heterocycles. The maximum atomic E-state index is 13.5. The summed E-state index contributed by atoms with van der Waals surface area (Å²) in [5.41, 5.74) is 3.99. The Hall–Kier alpha value is -3.35. The van der Waals surface area contributed by atoms with E-state index >= 15 is 0 Å². The van der Waals surface area contributed by atoms with Crippen LogP contribution in [0, 0.1) is 0 Å². The van der Waals surface area contributed by atoms with Crippen molar-refractivity contribution >= 4 is 39.0 Å². The van der Waals surface area contributed by atoms with Crippen LogP contribution >= 0.6 is 12.2 Å². The predicted octanol–water partition coefficient (Wildman–Crippen LogP) is 4.26. The molecular weight excluding hydrogens is 601 g/mol. The molecule has 1 saturated heterocycles. The SMILES string of the molecule is CC(C(=S)N1CC2=C(C1)CN(S(=O)(=O)c1ccc3c(c1)OCCO3)C2)c1cccc(N2CCN(C(=O)OC(C)(C)C)CC2)c1. The van der Waals surface area contributed by atoms with Crippen molar-refractivity contribution in [2.45, 2.75) is 44.1 Å². The van der Waals surface area contributed by atoms with Crippen LogP contribution < -0.4 is 14.4 Å². The van der Waals surface area contributed by atoms with Crippen molar-refractivity contribution in [3.05, 3.63) is 59.2 Å². The third-order valence-electron chi connectivity index (χ3n) is 8.50. The van der Waals surface area contributed by atoms with Gasteiger partial charge in [0.2, 0.25) is 10.0 Å². The normalized spacial score (nSPS) is 19.7. The summed E-state index contributed by atoms with van der Waals surface area (Å²) >= 11 is 5.99. The maximum Gasteiger partial charge on any atom is 0.410 e. The van der Waals surface area contributed by atoms with Crippen molar-refractivity contribution in [2.24, 2.45) is 0 Å². The number of nitrogens with zero attached hydrogens (tertiary/aromatic N) is 4. The summed E-state index contributed by atoms with van der Waals surface area (Å²) in [7, 11) is -3.67. The zero-order chi connectivity index (χ0) is 31.2. The second-order valence-electron chi connectivity index (χ2n) is 12.8. The molecule has 10 nitrogen and oxygen atoms in total. The molecule has 0 saturated carbocycles. The number of fused-ring (bicyclic) bond motifs is 1. The molecule has 4 aliphatic rings. The molecular formula is C32H40N4O6S2. The van der Waals surface area contributed by atoms with E-state index in [4.69, 9.17) is 26.4 Å². The number of benzene rings is 2. The molecule has 0 N–H and O–H groups in total. The monoisotopic (exact) mass is 640 g/mol. The summed E-state index contributed by atoms with van der Waals surface area (Å²) in [4.78, 5) is 19.8. The zero-order valence-electron chi connectivity index (χ0n) is 25.7. The van der Waals surface area contributed by atoms with Crippen LogP contribution in [0.15, 0.2) is 58.5 Å². The molecule has 1 fully saturated rings. The number of amides is 1. The lowest BCUT2D eigenvalue weighted by atomic mass is 9.99. The molecule has 0 aliphatic carbocycles. The Balaban J connectivity index is 1.04. The number of ether oxygens (including phenoxy) is 3. The van der Waals surface area contributed by atoms with Crippen LogP contribution in [0.3, 0.4) is 0 Å². The molecule has 0 bridgehead atoms. The molecule has 44 heavy (non-hydrogen) atoms. The fraction of sp³-hybridized carbons (Fsp3) is 0.500. The van der Waals surface area contributed by atoms with E-state index in [2.05, 4.69) is 41.0 Å². The number of anilines is 1. The Morgan fingerprint density at radius 1 is 0.886 bits per heavy atom. The molecule has 2 aromatic rings. The second-order valence-corrected chi connectivity index (χ2v) is 15.1. The largest absolute Gasteiger partial charge is 0.486 e. The summed E-state index contributed by atoms with van der Waals surface area (Å²) < 4.78 is 45.2. The van der Waals surface area contributed by atoms with Gasteiger partial charge in [-0.2, -0.15) is 4.31 Å². The Morgan fingerprint density at radius 2 is 1.55 bits per heavy atom. The van der Waals surface area contributed by atoms with Gasteiger partial charge < -0.3 is 28.9 Å². The molecule has 0 radical (unpaired) electrons. The highest BCUT2D eigenvalue weighted by Crippen LogP contribution is 2.36. The maximum absolute atomic E-state index is 13.5. The minimum absolute atomic E-state index is 0.0191. The van der Waals surface area contributed by atoms with Gasteiger partial charge in [0.25, 0.3) is 0 Å². The van der Waals surface area contributed by atoms with Gasteiger partial charge in [-0.1, -0.05) is 31.3 Å². The van der Waals surface area contributed by atoms with E-state index in [1.54, 1.807) is 27.4 Å². The van der Waals surface area contributed by atoms with Crippen molar-refractivity contribution in [3.63, 3.8) is 0 Å². The Bertz CT molecular complexity index is 1580. The molecule has 6 rings (SSSR count). The minimum Gasteiger partial charge on any atom is -0.486 e. The molecule has 1 unspecified atom stereocenters. The molecule has 236 valence electrons. The van der Waals surface area contributed by atoms with Gasteiger partial charge in [-0.05, 0) is 61.7 Å². The van der Waals surface area contributed by atoms with Crippen molar-refractivity contribution in [1.82, 2.24) is 14.1 Å². The van der Waals surface area contributed by atoms with Crippen molar-refractivity contribution in [3.8, 4) is 11.5 Å². The van der Waals surface area contributed by atoms with Gasteiger partial charge in [0.05, 0.1) is 9.88 Å². The van der Waals surface area contributed by atoms with E-state index in [1.807, 2.05) is 20.8 Å². The Labute approximate surface area is 265 Å². The quantitative estimate of drug-likeness (QED) is 0.351. The highest BCUT2D eigenvalue weighted by atomic mass is 32.2. The lowest BCUT2D eigenvalue weighted by Crippen LogP contribution is -2.50. The summed E-state index contributed by atoms with van der Waals surface area (Å²) in [5, 5.41) is 0. The van der Waals surface area contributed by atoms with Gasteiger partial charge in [0.15, 0.2) is 11.5 Å². The molecule has 2 aromatic carbocycles. The summed E-state index contributed by atoms with van der Waals surface area (Å²) in [6.45, 7) is 13.3. The number of thiocarbonyl (C=S) groups is 1.